The molecule has 0 saturated carbocycles. The first-order valence-corrected chi connectivity index (χ1v) is 14.1. The van der Waals surface area contributed by atoms with Crippen molar-refractivity contribution < 1.29 is 19.1 Å². The summed E-state index contributed by atoms with van der Waals surface area (Å²) in [5.74, 6) is 0.167. The molecule has 0 bridgehead atoms. The Morgan fingerprint density at radius 2 is 1.88 bits per heavy atom. The average Bonchev–Trinajstić information content (AvgIpc) is 3.66. The predicted octanol–water partition coefficient (Wildman–Crippen LogP) is 4.43. The molecule has 4 aromatic rings. The molecule has 1 fully saturated rings. The van der Waals surface area contributed by atoms with Crippen molar-refractivity contribution in [2.45, 2.75) is 39.5 Å². The average molecular weight is 568 g/mol. The molecule has 11 heteroatoms. The van der Waals surface area contributed by atoms with E-state index in [2.05, 4.69) is 33.0 Å². The normalized spacial score (nSPS) is 13.3. The van der Waals surface area contributed by atoms with E-state index >= 15 is 0 Å². The zero-order valence-electron chi connectivity index (χ0n) is 23.8. The minimum atomic E-state index is -0.639. The summed E-state index contributed by atoms with van der Waals surface area (Å²) in [6.45, 7) is 6.14. The fourth-order valence-corrected chi connectivity index (χ4v) is 5.05. The number of piperidine rings is 1. The summed E-state index contributed by atoms with van der Waals surface area (Å²) in [5.41, 5.74) is 3.21. The number of aromatic amines is 1. The Labute approximate surface area is 243 Å². The van der Waals surface area contributed by atoms with E-state index in [4.69, 9.17) is 9.47 Å². The molecule has 11 nitrogen and oxygen atoms in total. The van der Waals surface area contributed by atoms with Crippen LogP contribution in [0.25, 0.3) is 22.3 Å². The number of likely N-dealkylation sites (tertiary alicyclic amines) is 1. The number of rotatable bonds is 11. The second kappa shape index (κ2) is 13.2. The number of nitrogens with zero attached hydrogens (tertiary/aromatic N) is 6. The quantitative estimate of drug-likeness (QED) is 0.122. The predicted molar refractivity (Wildman–Crippen MR) is 156 cm³/mol. The number of carbonyl (C=O) groups excluding carboxylic acids is 2. The number of hydrogen-bond donors (Lipinski definition) is 1. The number of fused-ring (bicyclic) bond motifs is 1. The van der Waals surface area contributed by atoms with Gasteiger partial charge in [0.15, 0.2) is 5.82 Å². The maximum Gasteiger partial charge on any atom is 0.295 e. The van der Waals surface area contributed by atoms with Crippen molar-refractivity contribution in [3.05, 3.63) is 71.6 Å². The summed E-state index contributed by atoms with van der Waals surface area (Å²) in [5, 5.41) is 14.6. The summed E-state index contributed by atoms with van der Waals surface area (Å²) < 4.78 is 13.1. The molecule has 1 aliphatic rings. The molecule has 1 N–H and O–H groups in total. The van der Waals surface area contributed by atoms with Crippen molar-refractivity contribution >= 4 is 28.2 Å². The third-order valence-corrected chi connectivity index (χ3v) is 7.14. The van der Waals surface area contributed by atoms with Gasteiger partial charge in [-0.1, -0.05) is 37.3 Å². The number of ketones is 1. The highest BCUT2D eigenvalue weighted by atomic mass is 16.5. The van der Waals surface area contributed by atoms with E-state index in [-0.39, 0.29) is 5.56 Å². The molecule has 4 heterocycles. The number of carbonyl (C=O) groups is 2. The highest BCUT2D eigenvalue weighted by Gasteiger charge is 2.30. The lowest BCUT2D eigenvalue weighted by atomic mass is 9.93. The Morgan fingerprint density at radius 1 is 1.10 bits per heavy atom. The molecule has 0 aliphatic carbocycles. The minimum Gasteiger partial charge on any atom is -0.491 e. The van der Waals surface area contributed by atoms with Crippen LogP contribution in [-0.2, 0) is 9.53 Å². The highest BCUT2D eigenvalue weighted by Crippen LogP contribution is 2.33. The zero-order valence-corrected chi connectivity index (χ0v) is 23.8. The van der Waals surface area contributed by atoms with Gasteiger partial charge in [-0.25, -0.2) is 14.6 Å². The number of aryl methyl sites for hydroxylation is 1. The fourth-order valence-electron chi connectivity index (χ4n) is 5.05. The SMILES string of the molecule is CCCOCCCOc1cnc(-n2cnc(C)n2)c2[nH]cc(C(=O)C(=O)N3CCC(=C(C#N)c4ccccc4)CC3)c12. The number of H-pyrrole nitrogens is 1. The summed E-state index contributed by atoms with van der Waals surface area (Å²) in [7, 11) is 0. The van der Waals surface area contributed by atoms with Crippen LogP contribution < -0.4 is 4.74 Å². The molecule has 3 aromatic heterocycles. The number of Topliss-reactive ketones (excluding diaryl/α,β-unsaturated/α-hetero) is 1. The number of ether oxygens (including phenoxy) is 2. The van der Waals surface area contributed by atoms with Crippen molar-refractivity contribution in [3.8, 4) is 17.6 Å². The molecule has 0 spiro atoms. The Kier molecular flexibility index (Phi) is 9.04. The second-order valence-corrected chi connectivity index (χ2v) is 10.0. The summed E-state index contributed by atoms with van der Waals surface area (Å²) in [4.78, 5) is 40.5. The van der Waals surface area contributed by atoms with E-state index in [0.717, 1.165) is 17.6 Å². The van der Waals surface area contributed by atoms with Gasteiger partial charge in [-0.05, 0) is 37.3 Å². The van der Waals surface area contributed by atoms with Crippen LogP contribution >= 0.6 is 0 Å². The van der Waals surface area contributed by atoms with Crippen LogP contribution in [-0.4, -0.2) is 74.2 Å². The first-order chi connectivity index (χ1) is 20.5. The lowest BCUT2D eigenvalue weighted by Crippen LogP contribution is -2.40. The summed E-state index contributed by atoms with van der Waals surface area (Å²) in [6, 6.07) is 11.8. The third kappa shape index (κ3) is 6.09. The molecule has 1 aliphatic heterocycles. The molecule has 216 valence electrons. The van der Waals surface area contributed by atoms with E-state index < -0.39 is 11.7 Å². The van der Waals surface area contributed by atoms with Crippen LogP contribution in [0.4, 0.5) is 0 Å². The fraction of sp³-hybridized carbons (Fsp3) is 0.355. The number of allylic oxidation sites excluding steroid dienone is 1. The molecule has 1 amide bonds. The van der Waals surface area contributed by atoms with Gasteiger partial charge in [-0.2, -0.15) is 10.4 Å². The standard InChI is InChI=1S/C31H33N7O4/c1-3-14-41-15-7-16-42-26-19-34-30(38-20-35-21(2)36-38)28-27(26)25(18-33-28)29(39)31(40)37-12-10-23(11-13-37)24(17-32)22-8-5-4-6-9-22/h4-6,8-9,18-20,33H,3,7,10-16H2,1-2H3. The van der Waals surface area contributed by atoms with Crippen molar-refractivity contribution in [1.82, 2.24) is 29.6 Å². The van der Waals surface area contributed by atoms with Gasteiger partial charge in [0.25, 0.3) is 11.7 Å². The topological polar surface area (TPSA) is 139 Å². The Balaban J connectivity index is 1.38. The van der Waals surface area contributed by atoms with E-state index in [9.17, 15) is 14.9 Å². The number of pyridine rings is 1. The molecule has 0 atom stereocenters. The Bertz CT molecular complexity index is 1640. The number of amides is 1. The molecule has 5 rings (SSSR count). The maximum atomic E-state index is 13.7. The van der Waals surface area contributed by atoms with Crippen molar-refractivity contribution in [2.24, 2.45) is 0 Å². The summed E-state index contributed by atoms with van der Waals surface area (Å²) >= 11 is 0. The largest absolute Gasteiger partial charge is 0.491 e. The van der Waals surface area contributed by atoms with Gasteiger partial charge in [0.05, 0.1) is 40.9 Å². The van der Waals surface area contributed by atoms with Gasteiger partial charge in [-0.3, -0.25) is 9.59 Å². The van der Waals surface area contributed by atoms with Gasteiger partial charge in [0.1, 0.15) is 17.9 Å². The van der Waals surface area contributed by atoms with Crippen LogP contribution in [0.1, 0.15) is 54.4 Å². The van der Waals surface area contributed by atoms with Gasteiger partial charge in [0, 0.05) is 38.9 Å². The second-order valence-electron chi connectivity index (χ2n) is 10.0. The van der Waals surface area contributed by atoms with Crippen LogP contribution in [0.3, 0.4) is 0 Å². The molecule has 0 unspecified atom stereocenters. The van der Waals surface area contributed by atoms with E-state index in [0.29, 0.717) is 86.0 Å². The van der Waals surface area contributed by atoms with Crippen molar-refractivity contribution in [3.63, 3.8) is 0 Å². The minimum absolute atomic E-state index is 0.205. The van der Waals surface area contributed by atoms with E-state index in [1.807, 2.05) is 30.3 Å². The smallest absolute Gasteiger partial charge is 0.295 e. The molecular formula is C31H33N7O4. The number of nitriles is 1. The van der Waals surface area contributed by atoms with Crippen LogP contribution in [0, 0.1) is 18.3 Å². The maximum absolute atomic E-state index is 13.7. The molecule has 0 radical (unpaired) electrons. The number of hydrogen-bond acceptors (Lipinski definition) is 8. The van der Waals surface area contributed by atoms with Gasteiger partial charge >= 0.3 is 0 Å². The summed E-state index contributed by atoms with van der Waals surface area (Å²) in [6.07, 6.45) is 7.27. The Morgan fingerprint density at radius 3 is 2.57 bits per heavy atom. The molecule has 1 saturated heterocycles. The third-order valence-electron chi connectivity index (χ3n) is 7.14. The van der Waals surface area contributed by atoms with E-state index in [1.165, 1.54) is 10.9 Å². The number of aromatic nitrogens is 5. The number of benzene rings is 1. The van der Waals surface area contributed by atoms with Crippen molar-refractivity contribution in [2.75, 3.05) is 32.9 Å². The molecule has 42 heavy (non-hydrogen) atoms. The van der Waals surface area contributed by atoms with Crippen LogP contribution in [0.15, 0.2) is 54.6 Å². The Hall–Kier alpha value is -4.82. The van der Waals surface area contributed by atoms with Crippen LogP contribution in [0.2, 0.25) is 0 Å². The van der Waals surface area contributed by atoms with Gasteiger partial charge < -0.3 is 19.4 Å². The van der Waals surface area contributed by atoms with Crippen LogP contribution in [0.5, 0.6) is 5.75 Å². The van der Waals surface area contributed by atoms with Gasteiger partial charge in [-0.15, -0.1) is 0 Å². The zero-order chi connectivity index (χ0) is 29.5. The lowest BCUT2D eigenvalue weighted by Gasteiger charge is -2.28. The molecule has 1 aromatic carbocycles. The lowest BCUT2D eigenvalue weighted by molar-refractivity contribution is -0.126. The van der Waals surface area contributed by atoms with Crippen molar-refractivity contribution in [1.29, 1.82) is 5.26 Å². The number of nitrogens with one attached hydrogen (secondary N) is 1. The monoisotopic (exact) mass is 567 g/mol. The molecular weight excluding hydrogens is 534 g/mol. The van der Waals surface area contributed by atoms with Gasteiger partial charge in [0.2, 0.25) is 0 Å². The first kappa shape index (κ1) is 28.7. The highest BCUT2D eigenvalue weighted by molar-refractivity contribution is 6.45. The van der Waals surface area contributed by atoms with E-state index in [1.54, 1.807) is 24.3 Å². The first-order valence-electron chi connectivity index (χ1n) is 14.1.